The topological polar surface area (TPSA) is 48.4 Å². The van der Waals surface area contributed by atoms with Crippen LogP contribution in [0.15, 0.2) is 17.7 Å². The van der Waals surface area contributed by atoms with E-state index in [0.717, 1.165) is 17.2 Å². The Balaban J connectivity index is 2.33. The maximum atomic E-state index is 13.6. The Morgan fingerprint density at radius 2 is 1.96 bits per heavy atom. The average Bonchev–Trinajstić information content (AvgIpc) is 2.67. The van der Waals surface area contributed by atoms with Gasteiger partial charge in [-0.3, -0.25) is 4.79 Å². The second kappa shape index (κ2) is 7.16. The summed E-state index contributed by atoms with van der Waals surface area (Å²) in [5.41, 5.74) is 0.269. The first kappa shape index (κ1) is 19.4. The molecule has 0 spiro atoms. The van der Waals surface area contributed by atoms with Crippen LogP contribution in [0.2, 0.25) is 5.15 Å². The average molecular weight is 372 g/mol. The Labute approximate surface area is 151 Å². The molecule has 1 aromatic rings. The van der Waals surface area contributed by atoms with Gasteiger partial charge in [-0.1, -0.05) is 29.4 Å². The monoisotopic (exact) mass is 371 g/mol. The molecule has 0 radical (unpaired) electrons. The van der Waals surface area contributed by atoms with Crippen molar-refractivity contribution in [1.29, 1.82) is 0 Å². The maximum Gasteiger partial charge on any atom is 0.491 e. The Kier molecular flexibility index (Phi) is 5.80. The highest BCUT2D eigenvalue weighted by atomic mass is 35.5. The first-order valence-electron chi connectivity index (χ1n) is 7.52. The summed E-state index contributed by atoms with van der Waals surface area (Å²) >= 11 is 6.76. The van der Waals surface area contributed by atoms with E-state index in [2.05, 4.69) is 4.98 Å². The number of carbonyl (C=O) groups is 1. The number of aromatic nitrogens is 1. The quantitative estimate of drug-likeness (QED) is 0.587. The highest BCUT2D eigenvalue weighted by Crippen LogP contribution is 2.39. The largest absolute Gasteiger partial charge is 0.491 e. The van der Waals surface area contributed by atoms with Gasteiger partial charge < -0.3 is 9.31 Å². The van der Waals surface area contributed by atoms with Crippen molar-refractivity contribution in [3.8, 4) is 0 Å². The molecule has 0 amide bonds. The van der Waals surface area contributed by atoms with E-state index >= 15 is 0 Å². The third-order valence-electron chi connectivity index (χ3n) is 4.17. The molecule has 8 heteroatoms. The molecule has 0 atom stereocenters. The van der Waals surface area contributed by atoms with E-state index in [9.17, 15) is 9.18 Å². The minimum absolute atomic E-state index is 0.0159. The van der Waals surface area contributed by atoms with Crippen molar-refractivity contribution in [2.45, 2.75) is 45.8 Å². The number of halogens is 2. The molecule has 0 N–H and O–H groups in total. The van der Waals surface area contributed by atoms with Gasteiger partial charge >= 0.3 is 7.12 Å². The number of pyridine rings is 1. The van der Waals surface area contributed by atoms with Gasteiger partial charge in [-0.05, 0) is 44.8 Å². The molecule has 130 valence electrons. The Bertz CT molecular complexity index is 665. The van der Waals surface area contributed by atoms with E-state index < -0.39 is 24.1 Å². The van der Waals surface area contributed by atoms with Gasteiger partial charge in [0, 0.05) is 18.9 Å². The molecule has 1 aliphatic rings. The zero-order valence-corrected chi connectivity index (χ0v) is 15.9. The summed E-state index contributed by atoms with van der Waals surface area (Å²) in [7, 11) is -0.611. The second-order valence-electron chi connectivity index (χ2n) is 6.63. The predicted molar refractivity (Wildman–Crippen MR) is 96.4 cm³/mol. The zero-order valence-electron chi connectivity index (χ0n) is 14.4. The standard InChI is InChI=1S/C16H20BClFNO3S/c1-10(21)24-9-12(6-11-7-13(19)14(18)20-8-11)17-22-15(2,3)16(4,5)23-17/h6-8H,9H2,1-5H3. The summed E-state index contributed by atoms with van der Waals surface area (Å²) in [4.78, 5) is 15.1. The van der Waals surface area contributed by atoms with Crippen LogP contribution in [0.25, 0.3) is 6.08 Å². The smallest absolute Gasteiger partial charge is 0.400 e. The van der Waals surface area contributed by atoms with E-state index in [1.807, 2.05) is 27.7 Å². The van der Waals surface area contributed by atoms with Crippen molar-refractivity contribution in [2.75, 3.05) is 5.75 Å². The molecule has 2 heterocycles. The number of rotatable bonds is 4. The minimum atomic E-state index is -0.611. The van der Waals surface area contributed by atoms with Gasteiger partial charge in [0.25, 0.3) is 0 Å². The van der Waals surface area contributed by atoms with Gasteiger partial charge in [-0.2, -0.15) is 0 Å². The molecule has 1 aromatic heterocycles. The summed E-state index contributed by atoms with van der Waals surface area (Å²) in [6.07, 6.45) is 3.19. The fourth-order valence-corrected chi connectivity index (χ4v) is 2.78. The molecular weight excluding hydrogens is 352 g/mol. The van der Waals surface area contributed by atoms with Crippen LogP contribution in [0.1, 0.15) is 40.2 Å². The predicted octanol–water partition coefficient (Wildman–Crippen LogP) is 4.17. The van der Waals surface area contributed by atoms with E-state index in [0.29, 0.717) is 11.3 Å². The fourth-order valence-electron chi connectivity index (χ4n) is 2.09. The molecule has 2 rings (SSSR count). The SMILES string of the molecule is CC(=O)SCC(=Cc1cnc(Cl)c(F)c1)B1OC(C)(C)C(C)(C)O1. The zero-order chi connectivity index (χ0) is 18.1. The lowest BCUT2D eigenvalue weighted by Gasteiger charge is -2.32. The second-order valence-corrected chi connectivity index (χ2v) is 8.14. The number of hydrogen-bond donors (Lipinski definition) is 0. The van der Waals surface area contributed by atoms with E-state index in [-0.39, 0.29) is 10.3 Å². The lowest BCUT2D eigenvalue weighted by molar-refractivity contribution is -0.109. The number of hydrogen-bond acceptors (Lipinski definition) is 5. The van der Waals surface area contributed by atoms with Crippen LogP contribution in [0.4, 0.5) is 4.39 Å². The van der Waals surface area contributed by atoms with Gasteiger partial charge in [0.05, 0.1) is 11.2 Å². The van der Waals surface area contributed by atoms with E-state index in [1.54, 1.807) is 6.08 Å². The minimum Gasteiger partial charge on any atom is -0.400 e. The highest BCUT2D eigenvalue weighted by Gasteiger charge is 2.52. The van der Waals surface area contributed by atoms with Crippen LogP contribution in [-0.4, -0.2) is 34.2 Å². The lowest BCUT2D eigenvalue weighted by Crippen LogP contribution is -2.41. The van der Waals surface area contributed by atoms with Gasteiger partial charge in [-0.15, -0.1) is 0 Å². The van der Waals surface area contributed by atoms with Crippen LogP contribution in [0.5, 0.6) is 0 Å². The Morgan fingerprint density at radius 1 is 1.38 bits per heavy atom. The normalized spacial score (nSPS) is 19.6. The third-order valence-corrected chi connectivity index (χ3v) is 5.33. The number of thioether (sulfide) groups is 1. The molecule has 0 bridgehead atoms. The Morgan fingerprint density at radius 3 is 2.46 bits per heavy atom. The van der Waals surface area contributed by atoms with Crippen LogP contribution in [0, 0.1) is 5.82 Å². The molecule has 1 saturated heterocycles. The lowest BCUT2D eigenvalue weighted by atomic mass is 9.78. The molecule has 0 aromatic carbocycles. The molecule has 0 aliphatic carbocycles. The molecule has 4 nitrogen and oxygen atoms in total. The first-order valence-corrected chi connectivity index (χ1v) is 8.89. The van der Waals surface area contributed by atoms with Crippen molar-refractivity contribution in [1.82, 2.24) is 4.98 Å². The first-order chi connectivity index (χ1) is 11.0. The molecule has 1 aliphatic heterocycles. The summed E-state index contributed by atoms with van der Waals surface area (Å²) in [5, 5.41) is -0.194. The van der Waals surface area contributed by atoms with Gasteiger partial charge in [0.2, 0.25) is 0 Å². The van der Waals surface area contributed by atoms with Crippen molar-refractivity contribution >= 4 is 41.7 Å². The van der Waals surface area contributed by atoms with E-state index in [4.69, 9.17) is 20.9 Å². The van der Waals surface area contributed by atoms with Gasteiger partial charge in [0.15, 0.2) is 16.1 Å². The number of carbonyl (C=O) groups excluding carboxylic acids is 1. The summed E-state index contributed by atoms with van der Waals surface area (Å²) in [5.74, 6) is -0.214. The third kappa shape index (κ3) is 4.39. The molecular formula is C16H20BClFNO3S. The van der Waals surface area contributed by atoms with Crippen molar-refractivity contribution in [3.63, 3.8) is 0 Å². The summed E-state index contributed by atoms with van der Waals surface area (Å²) in [6, 6.07) is 1.29. The van der Waals surface area contributed by atoms with Crippen LogP contribution >= 0.6 is 23.4 Å². The van der Waals surface area contributed by atoms with Crippen LogP contribution in [0.3, 0.4) is 0 Å². The highest BCUT2D eigenvalue weighted by molar-refractivity contribution is 8.13. The molecule has 1 fully saturated rings. The van der Waals surface area contributed by atoms with E-state index in [1.165, 1.54) is 19.2 Å². The number of nitrogens with zero attached hydrogens (tertiary/aromatic N) is 1. The summed E-state index contributed by atoms with van der Waals surface area (Å²) in [6.45, 7) is 9.30. The summed E-state index contributed by atoms with van der Waals surface area (Å²) < 4.78 is 25.7. The molecule has 0 unspecified atom stereocenters. The van der Waals surface area contributed by atoms with Crippen molar-refractivity contribution in [3.05, 3.63) is 34.3 Å². The van der Waals surface area contributed by atoms with Crippen LogP contribution in [-0.2, 0) is 14.1 Å². The Hall–Kier alpha value is -0.885. The molecule has 0 saturated carbocycles. The van der Waals surface area contributed by atoms with Crippen LogP contribution < -0.4 is 0 Å². The fraction of sp³-hybridized carbons (Fsp3) is 0.500. The maximum absolute atomic E-state index is 13.6. The van der Waals surface area contributed by atoms with Gasteiger partial charge in [-0.25, -0.2) is 9.37 Å². The van der Waals surface area contributed by atoms with Crippen molar-refractivity contribution < 1.29 is 18.5 Å². The van der Waals surface area contributed by atoms with Crippen molar-refractivity contribution in [2.24, 2.45) is 0 Å². The molecule has 24 heavy (non-hydrogen) atoms. The van der Waals surface area contributed by atoms with Gasteiger partial charge in [0.1, 0.15) is 0 Å².